The zero-order valence-electron chi connectivity index (χ0n) is 28.0. The highest BCUT2D eigenvalue weighted by atomic mass is 19.1. The lowest BCUT2D eigenvalue weighted by molar-refractivity contribution is 0.474. The highest BCUT2D eigenvalue weighted by Crippen LogP contribution is 2.40. The highest BCUT2D eigenvalue weighted by molar-refractivity contribution is 6.07. The topological polar surface area (TPSA) is 48.7 Å². The monoisotopic (exact) mass is 623 g/mol. The van der Waals surface area contributed by atoms with E-state index >= 15 is 0 Å². The molecule has 47 heavy (non-hydrogen) atoms. The van der Waals surface area contributed by atoms with Crippen LogP contribution in [0.1, 0.15) is 81.7 Å². The summed E-state index contributed by atoms with van der Waals surface area (Å²) in [6.45, 7) is 13.5. The molecule has 0 saturated heterocycles. The minimum Gasteiger partial charge on any atom is -0.507 e. The highest BCUT2D eigenvalue weighted by Gasteiger charge is 2.27. The fourth-order valence-electron chi connectivity index (χ4n) is 5.99. The van der Waals surface area contributed by atoms with Gasteiger partial charge in [-0.15, -0.1) is 0 Å². The maximum Gasteiger partial charge on any atom is 0.140 e. The Balaban J connectivity index is 1.51. The van der Waals surface area contributed by atoms with E-state index < -0.39 is 0 Å². The van der Waals surface area contributed by atoms with Crippen molar-refractivity contribution in [3.8, 4) is 5.75 Å². The first kappa shape index (κ1) is 31.9. The van der Waals surface area contributed by atoms with Crippen molar-refractivity contribution < 1.29 is 9.50 Å². The third-order valence-electron chi connectivity index (χ3n) is 8.71. The Morgan fingerprint density at radius 1 is 0.723 bits per heavy atom. The van der Waals surface area contributed by atoms with Crippen LogP contribution in [0.4, 0.5) is 21.6 Å². The van der Waals surface area contributed by atoms with Gasteiger partial charge in [0.2, 0.25) is 0 Å². The van der Waals surface area contributed by atoms with Gasteiger partial charge in [-0.05, 0) is 70.0 Å². The molecule has 5 heteroatoms. The van der Waals surface area contributed by atoms with E-state index in [1.807, 2.05) is 65.6 Å². The smallest absolute Gasteiger partial charge is 0.140 e. The van der Waals surface area contributed by atoms with Crippen LogP contribution in [0.3, 0.4) is 0 Å². The number of halogens is 1. The second-order valence-corrected chi connectivity index (χ2v) is 14.3. The molecule has 1 aliphatic rings. The van der Waals surface area contributed by atoms with Gasteiger partial charge in [-0.1, -0.05) is 108 Å². The second kappa shape index (κ2) is 12.6. The molecule has 0 fully saturated rings. The summed E-state index contributed by atoms with van der Waals surface area (Å²) < 4.78 is 14.5. The summed E-state index contributed by atoms with van der Waals surface area (Å²) >= 11 is 0. The first-order chi connectivity index (χ1) is 22.4. The van der Waals surface area contributed by atoms with Gasteiger partial charge in [0.1, 0.15) is 17.4 Å². The lowest BCUT2D eigenvalue weighted by atomic mass is 9.77. The van der Waals surface area contributed by atoms with E-state index in [4.69, 9.17) is 4.99 Å². The van der Waals surface area contributed by atoms with Crippen LogP contribution in [0.2, 0.25) is 0 Å². The molecule has 1 aliphatic heterocycles. The number of hydrogen-bond acceptors (Lipinski definition) is 4. The van der Waals surface area contributed by atoms with Crippen molar-refractivity contribution in [2.45, 2.75) is 64.7 Å². The van der Waals surface area contributed by atoms with Crippen LogP contribution in [0.15, 0.2) is 126 Å². The van der Waals surface area contributed by atoms with Crippen molar-refractivity contribution in [1.29, 1.82) is 0 Å². The van der Waals surface area contributed by atoms with Crippen molar-refractivity contribution >= 4 is 28.6 Å². The van der Waals surface area contributed by atoms with Crippen LogP contribution in [-0.4, -0.2) is 15.8 Å². The summed E-state index contributed by atoms with van der Waals surface area (Å²) in [6.07, 6.45) is 4.39. The number of aromatic hydroxyl groups is 1. The predicted octanol–water partition coefficient (Wildman–Crippen LogP) is 11.0. The van der Waals surface area contributed by atoms with Gasteiger partial charge in [0, 0.05) is 47.1 Å². The van der Waals surface area contributed by atoms with Crippen molar-refractivity contribution in [3.05, 3.63) is 155 Å². The van der Waals surface area contributed by atoms with Crippen molar-refractivity contribution in [1.82, 2.24) is 4.98 Å². The Bertz CT molecular complexity index is 1930. The number of hydrogen-bond donors (Lipinski definition) is 1. The van der Waals surface area contributed by atoms with E-state index in [1.54, 1.807) is 6.07 Å². The lowest BCUT2D eigenvalue weighted by Crippen LogP contribution is -2.19. The predicted molar refractivity (Wildman–Crippen MR) is 193 cm³/mol. The van der Waals surface area contributed by atoms with Gasteiger partial charge >= 0.3 is 0 Å². The van der Waals surface area contributed by atoms with Crippen molar-refractivity contribution in [3.63, 3.8) is 0 Å². The van der Waals surface area contributed by atoms with Gasteiger partial charge in [0.25, 0.3) is 0 Å². The molecular weight excluding hydrogens is 581 g/mol. The molecule has 4 nitrogen and oxygen atoms in total. The minimum absolute atomic E-state index is 0.0218. The van der Waals surface area contributed by atoms with E-state index in [-0.39, 0.29) is 28.3 Å². The molecule has 0 bridgehead atoms. The molecule has 1 N–H and O–H groups in total. The zero-order valence-corrected chi connectivity index (χ0v) is 28.0. The molecule has 4 aromatic carbocycles. The number of para-hydroxylation sites is 2. The van der Waals surface area contributed by atoms with Crippen LogP contribution in [0.25, 0.3) is 5.70 Å². The number of allylic oxidation sites excluding steroid dienone is 1. The maximum atomic E-state index is 14.5. The lowest BCUT2D eigenvalue weighted by Gasteiger charge is -2.29. The van der Waals surface area contributed by atoms with E-state index in [1.165, 1.54) is 35.0 Å². The summed E-state index contributed by atoms with van der Waals surface area (Å²) in [7, 11) is 0. The number of rotatable bonds is 6. The zero-order chi connectivity index (χ0) is 33.3. The summed E-state index contributed by atoms with van der Waals surface area (Å²) in [5, 5.41) is 10.9. The van der Waals surface area contributed by atoms with E-state index in [2.05, 4.69) is 82.9 Å². The standard InChI is InChI=1S/C42H42FN3O/c1-41(2,3)31-21-29(22-32(26-31)42(4,5)6)30-24-37(45-38(25-30)36-17-10-11-18-39(36)47)28-13-12-16-35(23-28)46(34-14-8-7-9-15-34)40-27-33(43)19-20-44-40/h7-24,26-27,30,47H,25H2,1-6H3. The number of nitrogens with zero attached hydrogens (tertiary/aromatic N) is 3. The average Bonchev–Trinajstić information content (AvgIpc) is 3.05. The normalized spacial score (nSPS) is 15.2. The molecule has 5 aromatic rings. The molecule has 1 unspecified atom stereocenters. The Morgan fingerprint density at radius 3 is 2.04 bits per heavy atom. The van der Waals surface area contributed by atoms with Gasteiger partial charge < -0.3 is 5.11 Å². The number of pyridine rings is 1. The largest absolute Gasteiger partial charge is 0.507 e. The molecule has 0 amide bonds. The van der Waals surface area contributed by atoms with Crippen LogP contribution in [0, 0.1) is 5.82 Å². The molecule has 1 atom stereocenters. The van der Waals surface area contributed by atoms with E-state index in [0.29, 0.717) is 12.2 Å². The Kier molecular flexibility index (Phi) is 8.59. The number of aromatic nitrogens is 1. The molecular formula is C42H42FN3O. The van der Waals surface area contributed by atoms with Crippen molar-refractivity contribution in [2.75, 3.05) is 4.90 Å². The third-order valence-corrected chi connectivity index (χ3v) is 8.71. The SMILES string of the molecule is CC(C)(C)c1cc(C2C=C(c3cccc(N(c4ccccc4)c4cc(F)ccn4)c3)N=C(c3ccccc3O)C2)cc(C(C)(C)C)c1. The molecule has 6 rings (SSSR count). The van der Waals surface area contributed by atoms with Crippen LogP contribution in [0.5, 0.6) is 5.75 Å². The van der Waals surface area contributed by atoms with Crippen molar-refractivity contribution in [2.24, 2.45) is 4.99 Å². The van der Waals surface area contributed by atoms with Gasteiger partial charge in [0.15, 0.2) is 0 Å². The van der Waals surface area contributed by atoms with Crippen LogP contribution in [-0.2, 0) is 10.8 Å². The molecule has 0 aliphatic carbocycles. The quantitative estimate of drug-likeness (QED) is 0.205. The minimum atomic E-state index is -0.353. The molecule has 238 valence electrons. The van der Waals surface area contributed by atoms with Gasteiger partial charge in [-0.25, -0.2) is 9.37 Å². The van der Waals surface area contributed by atoms with E-state index in [0.717, 1.165) is 33.9 Å². The van der Waals surface area contributed by atoms with Crippen LogP contribution < -0.4 is 4.90 Å². The molecule has 0 saturated carbocycles. The molecule has 0 radical (unpaired) electrons. The number of aliphatic imine (C=N–C) groups is 1. The summed E-state index contributed by atoms with van der Waals surface area (Å²) in [4.78, 5) is 11.7. The molecule has 2 heterocycles. The summed E-state index contributed by atoms with van der Waals surface area (Å²) in [5.41, 5.74) is 8.78. The van der Waals surface area contributed by atoms with Gasteiger partial charge in [-0.3, -0.25) is 9.89 Å². The number of phenols is 1. The first-order valence-corrected chi connectivity index (χ1v) is 16.2. The van der Waals surface area contributed by atoms with E-state index in [9.17, 15) is 9.50 Å². The first-order valence-electron chi connectivity index (χ1n) is 16.2. The van der Waals surface area contributed by atoms with Gasteiger partial charge in [-0.2, -0.15) is 0 Å². The Labute approximate surface area is 278 Å². The third kappa shape index (κ3) is 7.05. The second-order valence-electron chi connectivity index (χ2n) is 14.3. The number of anilines is 3. The fraction of sp³-hybridized carbons (Fsp3) is 0.238. The van der Waals surface area contributed by atoms with Gasteiger partial charge in [0.05, 0.1) is 11.4 Å². The summed E-state index contributed by atoms with van der Waals surface area (Å²) in [5.74, 6) is 0.371. The molecule has 1 aromatic heterocycles. The number of phenolic OH excluding ortho intramolecular Hbond substituents is 1. The van der Waals surface area contributed by atoms with Crippen LogP contribution >= 0.6 is 0 Å². The fourth-order valence-corrected chi connectivity index (χ4v) is 5.99. The number of benzene rings is 4. The average molecular weight is 624 g/mol. The molecule has 0 spiro atoms. The Morgan fingerprint density at radius 2 is 1.38 bits per heavy atom. The Hall–Kier alpha value is -5.03. The summed E-state index contributed by atoms with van der Waals surface area (Å²) in [6, 6.07) is 35.2. The maximum absolute atomic E-state index is 14.5.